The van der Waals surface area contributed by atoms with E-state index < -0.39 is 22.9 Å². The molecule has 0 aromatic heterocycles. The Balaban J connectivity index is 1.88. The van der Waals surface area contributed by atoms with Crippen molar-refractivity contribution in [1.82, 2.24) is 9.62 Å². The van der Waals surface area contributed by atoms with Crippen LogP contribution >= 0.6 is 11.6 Å². The first kappa shape index (κ1) is 22.2. The topological polar surface area (TPSA) is 86.7 Å². The van der Waals surface area contributed by atoms with Crippen LogP contribution < -0.4 is 4.72 Å². The normalized spacial score (nSPS) is 24.6. The summed E-state index contributed by atoms with van der Waals surface area (Å²) in [5, 5.41) is 9.87. The Kier molecular flexibility index (Phi) is 7.35. The number of nitrogens with one attached hydrogen (secondary N) is 1. The van der Waals surface area contributed by atoms with Crippen LogP contribution in [0.1, 0.15) is 57.6 Å². The number of benzene rings is 1. The molecule has 6 nitrogen and oxygen atoms in total. The highest BCUT2D eigenvalue weighted by molar-refractivity contribution is 7.83. The standard InChI is InChI=1S/C21H29ClN2O4S/c1-13(2)29(28)23-12-19(15-3-4-15)24-18(14-5-8-17(22)9-6-14)10-7-16(21(24)27)11-20(25)26/h5-6,8-9,13,15-16,18-19,23H,3-4,7,10-12H2,1-2H3,(H,25,26). The average molecular weight is 441 g/mol. The zero-order valence-corrected chi connectivity index (χ0v) is 18.4. The van der Waals surface area contributed by atoms with Gasteiger partial charge in [-0.05, 0) is 63.1 Å². The first-order valence-electron chi connectivity index (χ1n) is 10.2. The number of nitrogens with zero attached hydrogens (tertiary/aromatic N) is 1. The number of carbonyl (C=O) groups is 2. The molecule has 2 aliphatic rings. The van der Waals surface area contributed by atoms with Crippen molar-refractivity contribution in [2.45, 2.75) is 63.3 Å². The summed E-state index contributed by atoms with van der Waals surface area (Å²) in [7, 11) is -1.17. The van der Waals surface area contributed by atoms with Gasteiger partial charge in [0.1, 0.15) is 0 Å². The number of hydrogen-bond donors (Lipinski definition) is 2. The molecular weight excluding hydrogens is 412 g/mol. The molecule has 1 amide bonds. The maximum Gasteiger partial charge on any atom is 0.304 e. The molecule has 2 fully saturated rings. The summed E-state index contributed by atoms with van der Waals surface area (Å²) in [6, 6.07) is 7.30. The third-order valence-corrected chi connectivity index (χ3v) is 7.35. The molecule has 1 heterocycles. The minimum absolute atomic E-state index is 0.0151. The van der Waals surface area contributed by atoms with Gasteiger partial charge < -0.3 is 10.0 Å². The lowest BCUT2D eigenvalue weighted by Gasteiger charge is -2.44. The number of carboxylic acids is 1. The Bertz CT molecular complexity index is 766. The second-order valence-electron chi connectivity index (χ2n) is 8.28. The van der Waals surface area contributed by atoms with Crippen LogP contribution in [0.4, 0.5) is 0 Å². The zero-order valence-electron chi connectivity index (χ0n) is 16.8. The van der Waals surface area contributed by atoms with E-state index >= 15 is 0 Å². The van der Waals surface area contributed by atoms with Crippen LogP contribution in [-0.2, 0) is 20.6 Å². The second kappa shape index (κ2) is 9.58. The van der Waals surface area contributed by atoms with E-state index in [2.05, 4.69) is 4.72 Å². The van der Waals surface area contributed by atoms with Crippen molar-refractivity contribution in [3.05, 3.63) is 34.9 Å². The lowest BCUT2D eigenvalue weighted by Crippen LogP contribution is -2.53. The SMILES string of the molecule is CC(C)S(=O)NCC(C1CC1)N1C(=O)C(CC(=O)O)CCC1c1ccc(Cl)cc1. The van der Waals surface area contributed by atoms with E-state index in [4.69, 9.17) is 11.6 Å². The highest BCUT2D eigenvalue weighted by Crippen LogP contribution is 2.43. The molecule has 160 valence electrons. The van der Waals surface area contributed by atoms with E-state index in [0.717, 1.165) is 18.4 Å². The van der Waals surface area contributed by atoms with Gasteiger partial charge in [-0.3, -0.25) is 9.59 Å². The van der Waals surface area contributed by atoms with E-state index in [1.807, 2.05) is 43.0 Å². The Morgan fingerprint density at radius 1 is 1.24 bits per heavy atom. The third-order valence-electron chi connectivity index (χ3n) is 5.79. The first-order chi connectivity index (χ1) is 13.8. The molecule has 3 rings (SSSR count). The van der Waals surface area contributed by atoms with Crippen LogP contribution in [0.25, 0.3) is 0 Å². The molecule has 1 aromatic rings. The number of halogens is 1. The Morgan fingerprint density at radius 2 is 1.90 bits per heavy atom. The molecule has 29 heavy (non-hydrogen) atoms. The monoisotopic (exact) mass is 440 g/mol. The van der Waals surface area contributed by atoms with Crippen LogP contribution in [0.15, 0.2) is 24.3 Å². The van der Waals surface area contributed by atoms with Crippen LogP contribution in [-0.4, -0.2) is 43.9 Å². The average Bonchev–Trinajstić information content (AvgIpc) is 3.50. The van der Waals surface area contributed by atoms with Crippen molar-refractivity contribution >= 4 is 34.5 Å². The van der Waals surface area contributed by atoms with Crippen molar-refractivity contribution in [1.29, 1.82) is 0 Å². The molecule has 1 aliphatic carbocycles. The molecule has 1 saturated heterocycles. The summed E-state index contributed by atoms with van der Waals surface area (Å²) >= 11 is 6.04. The number of likely N-dealkylation sites (tertiary alicyclic amines) is 1. The smallest absolute Gasteiger partial charge is 0.304 e. The van der Waals surface area contributed by atoms with E-state index in [-0.39, 0.29) is 29.7 Å². The summed E-state index contributed by atoms with van der Waals surface area (Å²) in [4.78, 5) is 26.6. The summed E-state index contributed by atoms with van der Waals surface area (Å²) < 4.78 is 15.4. The summed E-state index contributed by atoms with van der Waals surface area (Å²) in [5.41, 5.74) is 1.01. The zero-order chi connectivity index (χ0) is 21.1. The fraction of sp³-hybridized carbons (Fsp3) is 0.619. The maximum absolute atomic E-state index is 13.4. The van der Waals surface area contributed by atoms with Gasteiger partial charge in [0.25, 0.3) is 0 Å². The third kappa shape index (κ3) is 5.58. The Hall–Kier alpha value is -1.44. The van der Waals surface area contributed by atoms with Crippen LogP contribution in [0.2, 0.25) is 5.02 Å². The number of amides is 1. The molecule has 1 aromatic carbocycles. The van der Waals surface area contributed by atoms with Gasteiger partial charge in [0, 0.05) is 28.8 Å². The van der Waals surface area contributed by atoms with Gasteiger partial charge in [0.2, 0.25) is 5.91 Å². The van der Waals surface area contributed by atoms with Crippen molar-refractivity contribution < 1.29 is 18.9 Å². The summed E-state index contributed by atoms with van der Waals surface area (Å²) in [6.45, 7) is 4.23. The van der Waals surface area contributed by atoms with Gasteiger partial charge in [0.15, 0.2) is 0 Å². The van der Waals surface area contributed by atoms with Gasteiger partial charge in [-0.25, -0.2) is 8.93 Å². The number of hydrogen-bond acceptors (Lipinski definition) is 3. The van der Waals surface area contributed by atoms with Crippen LogP contribution in [0.3, 0.4) is 0 Å². The molecular formula is C21H29ClN2O4S. The molecule has 0 radical (unpaired) electrons. The highest BCUT2D eigenvalue weighted by Gasteiger charge is 2.45. The molecule has 0 bridgehead atoms. The quantitative estimate of drug-likeness (QED) is 0.614. The summed E-state index contributed by atoms with van der Waals surface area (Å²) in [5.74, 6) is -1.20. The minimum atomic E-state index is -1.17. The van der Waals surface area contributed by atoms with E-state index in [1.165, 1.54) is 0 Å². The lowest BCUT2D eigenvalue weighted by molar-refractivity contribution is -0.151. The molecule has 2 N–H and O–H groups in total. The van der Waals surface area contributed by atoms with Crippen LogP contribution in [0, 0.1) is 11.8 Å². The number of rotatable bonds is 9. The molecule has 1 saturated carbocycles. The minimum Gasteiger partial charge on any atom is -0.481 e. The fourth-order valence-electron chi connectivity index (χ4n) is 4.10. The van der Waals surface area contributed by atoms with E-state index in [0.29, 0.717) is 30.3 Å². The highest BCUT2D eigenvalue weighted by atomic mass is 35.5. The predicted octanol–water partition coefficient (Wildman–Crippen LogP) is 3.53. The predicted molar refractivity (Wildman–Crippen MR) is 114 cm³/mol. The first-order valence-corrected chi connectivity index (χ1v) is 11.8. The molecule has 4 atom stereocenters. The Morgan fingerprint density at radius 3 is 2.45 bits per heavy atom. The van der Waals surface area contributed by atoms with Crippen molar-refractivity contribution in [2.75, 3.05) is 6.54 Å². The molecule has 1 aliphatic heterocycles. The molecule has 0 spiro atoms. The van der Waals surface area contributed by atoms with Gasteiger partial charge in [0.05, 0.1) is 23.4 Å². The maximum atomic E-state index is 13.4. The van der Waals surface area contributed by atoms with E-state index in [1.54, 1.807) is 0 Å². The van der Waals surface area contributed by atoms with Crippen molar-refractivity contribution in [2.24, 2.45) is 11.8 Å². The number of aliphatic carboxylic acids is 1. The summed E-state index contributed by atoms with van der Waals surface area (Å²) in [6.07, 6.45) is 3.17. The Labute approximate surface area is 179 Å². The van der Waals surface area contributed by atoms with Crippen molar-refractivity contribution in [3.63, 3.8) is 0 Å². The van der Waals surface area contributed by atoms with Crippen molar-refractivity contribution in [3.8, 4) is 0 Å². The van der Waals surface area contributed by atoms with E-state index in [9.17, 15) is 18.9 Å². The van der Waals surface area contributed by atoms with Gasteiger partial charge in [-0.15, -0.1) is 0 Å². The number of carbonyl (C=O) groups excluding carboxylic acids is 1. The number of carboxylic acid groups (broad SMARTS) is 1. The second-order valence-corrected chi connectivity index (χ2v) is 10.5. The van der Waals surface area contributed by atoms with Crippen LogP contribution in [0.5, 0.6) is 0 Å². The molecule has 4 unspecified atom stereocenters. The largest absolute Gasteiger partial charge is 0.481 e. The fourth-order valence-corrected chi connectivity index (χ4v) is 4.89. The van der Waals surface area contributed by atoms with Gasteiger partial charge in [-0.1, -0.05) is 23.7 Å². The molecule has 8 heteroatoms. The van der Waals surface area contributed by atoms with Gasteiger partial charge >= 0.3 is 5.97 Å². The number of piperidine rings is 1. The lowest BCUT2D eigenvalue weighted by atomic mass is 9.84. The van der Waals surface area contributed by atoms with Gasteiger partial charge in [-0.2, -0.15) is 0 Å².